The van der Waals surface area contributed by atoms with Crippen LogP contribution in [0, 0.1) is 5.21 Å². The van der Waals surface area contributed by atoms with Crippen LogP contribution in [0.15, 0.2) is 53.7 Å². The fourth-order valence-corrected chi connectivity index (χ4v) is 1.60. The third-order valence-corrected chi connectivity index (χ3v) is 2.49. The Morgan fingerprint density at radius 2 is 1.76 bits per heavy atom. The van der Waals surface area contributed by atoms with E-state index in [9.17, 15) is 10.3 Å². The largest absolute Gasteiger partial charge is 0.624 e. The zero-order valence-corrected chi connectivity index (χ0v) is 11.3. The predicted octanol–water partition coefficient (Wildman–Crippen LogP) is 2.30. The summed E-state index contributed by atoms with van der Waals surface area (Å²) >= 11 is 0. The van der Waals surface area contributed by atoms with E-state index < -0.39 is 0 Å². The van der Waals surface area contributed by atoms with E-state index >= 15 is 0 Å². The van der Waals surface area contributed by atoms with Crippen molar-refractivity contribution in [3.05, 3.63) is 64.9 Å². The first-order chi connectivity index (χ1) is 10.1. The molecule has 2 aromatic rings. The normalized spacial score (nSPS) is 10.4. The molecule has 110 valence electrons. The topological polar surface area (TPSA) is 99.1 Å². The van der Waals surface area contributed by atoms with Crippen LogP contribution in [0.3, 0.4) is 0 Å². The lowest BCUT2D eigenvalue weighted by Crippen LogP contribution is -2.05. The van der Waals surface area contributed by atoms with Crippen LogP contribution >= 0.6 is 0 Å². The van der Waals surface area contributed by atoms with Crippen molar-refractivity contribution in [1.29, 1.82) is 0 Å². The third-order valence-electron chi connectivity index (χ3n) is 2.49. The number of phenols is 2. The average Bonchev–Trinajstić information content (AvgIpc) is 2.44. The molecule has 0 atom stereocenters. The Morgan fingerprint density at radius 3 is 2.33 bits per heavy atom. The van der Waals surface area contributed by atoms with Crippen molar-refractivity contribution in [2.24, 2.45) is 5.16 Å². The highest BCUT2D eigenvalue weighted by molar-refractivity contribution is 5.75. The first-order valence-electron chi connectivity index (χ1n) is 6.01. The average molecular weight is 288 g/mol. The first-order valence-corrected chi connectivity index (χ1v) is 6.01. The van der Waals surface area contributed by atoms with E-state index in [4.69, 9.17) is 10.3 Å². The Kier molecular flexibility index (Phi) is 6.27. The van der Waals surface area contributed by atoms with Gasteiger partial charge in [-0.3, -0.25) is 0 Å². The molecule has 0 radical (unpaired) electrons. The van der Waals surface area contributed by atoms with Gasteiger partial charge in [-0.2, -0.15) is 0 Å². The molecule has 0 unspecified atom stereocenters. The van der Waals surface area contributed by atoms with E-state index in [2.05, 4.69) is 11.9 Å². The SMILES string of the molecule is C=NO.[O-]/[N+](=C/c1ccccc1)Cc1ccc(O)cc1O. The van der Waals surface area contributed by atoms with Gasteiger partial charge < -0.3 is 20.6 Å². The highest BCUT2D eigenvalue weighted by Gasteiger charge is 2.06. The third kappa shape index (κ3) is 5.65. The maximum atomic E-state index is 11.7. The standard InChI is InChI=1S/C14H13NO3.CH3NO/c16-13-7-6-12(14(17)8-13)10-15(18)9-11-4-2-1-3-5-11;1-2-3/h1-9,16-17H,10H2;3H,1H2/b15-9+;. The molecular weight excluding hydrogens is 272 g/mol. The molecule has 0 fully saturated rings. The molecule has 21 heavy (non-hydrogen) atoms. The Hall–Kier alpha value is -3.02. The molecule has 2 rings (SSSR count). The van der Waals surface area contributed by atoms with Crippen LogP contribution in [-0.2, 0) is 6.54 Å². The molecule has 0 amide bonds. The van der Waals surface area contributed by atoms with Crippen LogP contribution in [0.5, 0.6) is 11.5 Å². The fourth-order valence-electron chi connectivity index (χ4n) is 1.60. The first kappa shape index (κ1) is 16.0. The molecule has 0 saturated heterocycles. The van der Waals surface area contributed by atoms with Crippen molar-refractivity contribution in [2.75, 3.05) is 0 Å². The second-order valence-corrected chi connectivity index (χ2v) is 4.07. The van der Waals surface area contributed by atoms with Gasteiger partial charge in [-0.05, 0) is 24.3 Å². The molecule has 0 aliphatic heterocycles. The van der Waals surface area contributed by atoms with Gasteiger partial charge in [0.05, 0.1) is 5.56 Å². The summed E-state index contributed by atoms with van der Waals surface area (Å²) < 4.78 is 0.738. The van der Waals surface area contributed by atoms with Gasteiger partial charge in [0.1, 0.15) is 11.5 Å². The highest BCUT2D eigenvalue weighted by Crippen LogP contribution is 2.22. The number of phenolic OH excluding ortho intramolecular Hbond substituents is 2. The number of hydrogen-bond donors (Lipinski definition) is 3. The molecule has 6 heteroatoms. The zero-order chi connectivity index (χ0) is 15.7. The number of aromatic hydroxyl groups is 2. The molecule has 0 saturated carbocycles. The van der Waals surface area contributed by atoms with Crippen molar-refractivity contribution in [1.82, 2.24) is 0 Å². The summed E-state index contributed by atoms with van der Waals surface area (Å²) in [6.07, 6.45) is 1.45. The number of hydrogen-bond acceptors (Lipinski definition) is 5. The number of benzene rings is 2. The molecule has 0 aliphatic carbocycles. The van der Waals surface area contributed by atoms with Gasteiger partial charge >= 0.3 is 0 Å². The minimum absolute atomic E-state index is 0.0271. The summed E-state index contributed by atoms with van der Waals surface area (Å²) in [6, 6.07) is 13.4. The van der Waals surface area contributed by atoms with E-state index in [1.54, 1.807) is 0 Å². The van der Waals surface area contributed by atoms with Gasteiger partial charge in [-0.1, -0.05) is 18.2 Å². The van der Waals surface area contributed by atoms with Gasteiger partial charge in [0.15, 0.2) is 12.8 Å². The lowest BCUT2D eigenvalue weighted by molar-refractivity contribution is -0.469. The van der Waals surface area contributed by atoms with Gasteiger partial charge in [0.2, 0.25) is 0 Å². The van der Waals surface area contributed by atoms with Gasteiger partial charge in [-0.15, -0.1) is 5.16 Å². The molecule has 0 spiro atoms. The zero-order valence-electron chi connectivity index (χ0n) is 11.3. The Balaban J connectivity index is 0.000000677. The summed E-state index contributed by atoms with van der Waals surface area (Å²) in [5, 5.41) is 39.8. The van der Waals surface area contributed by atoms with Crippen molar-refractivity contribution in [3.63, 3.8) is 0 Å². The minimum atomic E-state index is -0.0858. The summed E-state index contributed by atoms with van der Waals surface area (Å²) in [5.41, 5.74) is 1.26. The van der Waals surface area contributed by atoms with Gasteiger partial charge in [-0.25, -0.2) is 4.74 Å². The second kappa shape index (κ2) is 8.21. The van der Waals surface area contributed by atoms with Crippen molar-refractivity contribution in [2.45, 2.75) is 6.54 Å². The lowest BCUT2D eigenvalue weighted by atomic mass is 10.2. The second-order valence-electron chi connectivity index (χ2n) is 4.07. The quantitative estimate of drug-likeness (QED) is 0.265. The monoisotopic (exact) mass is 288 g/mol. The van der Waals surface area contributed by atoms with Crippen LogP contribution < -0.4 is 0 Å². The Bertz CT molecular complexity index is 612. The van der Waals surface area contributed by atoms with Crippen molar-refractivity contribution < 1.29 is 20.2 Å². The van der Waals surface area contributed by atoms with Gasteiger partial charge in [0.25, 0.3) is 0 Å². The van der Waals surface area contributed by atoms with Crippen molar-refractivity contribution in [3.8, 4) is 11.5 Å². The molecular formula is C15H16N2O4. The number of nitrogens with zero attached hydrogens (tertiary/aromatic N) is 2. The van der Waals surface area contributed by atoms with E-state index in [0.717, 1.165) is 10.3 Å². The lowest BCUT2D eigenvalue weighted by Gasteiger charge is -2.06. The molecule has 3 N–H and O–H groups in total. The van der Waals surface area contributed by atoms with Crippen LogP contribution in [0.1, 0.15) is 11.1 Å². The Morgan fingerprint density at radius 1 is 1.14 bits per heavy atom. The van der Waals surface area contributed by atoms with Crippen LogP contribution in [0.2, 0.25) is 0 Å². The molecule has 6 nitrogen and oxygen atoms in total. The van der Waals surface area contributed by atoms with E-state index in [1.807, 2.05) is 30.3 Å². The summed E-state index contributed by atoms with van der Waals surface area (Å²) in [4.78, 5) is 0. The molecule has 0 aliphatic rings. The number of oxime groups is 1. The summed E-state index contributed by atoms with van der Waals surface area (Å²) in [6.45, 7) is 2.70. The summed E-state index contributed by atoms with van der Waals surface area (Å²) in [7, 11) is 0. The maximum absolute atomic E-state index is 11.7. The van der Waals surface area contributed by atoms with E-state index in [-0.39, 0.29) is 18.0 Å². The summed E-state index contributed by atoms with van der Waals surface area (Å²) in [5.74, 6) is -0.113. The minimum Gasteiger partial charge on any atom is -0.624 e. The van der Waals surface area contributed by atoms with E-state index in [0.29, 0.717) is 5.56 Å². The molecule has 2 aromatic carbocycles. The molecule has 0 bridgehead atoms. The number of hydroxylamine groups is 1. The maximum Gasteiger partial charge on any atom is 0.182 e. The van der Waals surface area contributed by atoms with Crippen LogP contribution in [0.25, 0.3) is 0 Å². The fraction of sp³-hybridized carbons (Fsp3) is 0.0667. The predicted molar refractivity (Wildman–Crippen MR) is 80.0 cm³/mol. The molecule has 0 aromatic heterocycles. The number of rotatable bonds is 3. The Labute approximate surface area is 122 Å². The van der Waals surface area contributed by atoms with Gasteiger partial charge in [0, 0.05) is 18.3 Å². The smallest absolute Gasteiger partial charge is 0.182 e. The van der Waals surface area contributed by atoms with E-state index in [1.165, 1.54) is 24.4 Å². The van der Waals surface area contributed by atoms with Crippen LogP contribution in [0.4, 0.5) is 0 Å². The molecule has 0 heterocycles. The van der Waals surface area contributed by atoms with Crippen LogP contribution in [-0.4, -0.2) is 33.1 Å². The van der Waals surface area contributed by atoms with Crippen molar-refractivity contribution >= 4 is 12.9 Å². The highest BCUT2D eigenvalue weighted by atomic mass is 16.5.